The Balaban J connectivity index is 0.00000361. The number of hydrogen-bond donors (Lipinski definition) is 1. The number of ether oxygens (including phenoxy) is 2. The van der Waals surface area contributed by atoms with Crippen molar-refractivity contribution < 1.29 is 19.1 Å². The van der Waals surface area contributed by atoms with E-state index in [1.54, 1.807) is 20.2 Å². The number of piperidine rings is 1. The van der Waals surface area contributed by atoms with Crippen LogP contribution in [0, 0.1) is 5.41 Å². The molecule has 2 aliphatic rings. The van der Waals surface area contributed by atoms with Gasteiger partial charge in [-0.3, -0.25) is 9.78 Å². The van der Waals surface area contributed by atoms with Gasteiger partial charge in [0, 0.05) is 32.0 Å². The van der Waals surface area contributed by atoms with Crippen LogP contribution in [0.4, 0.5) is 4.79 Å². The standard InChI is InChI=1S/C27H36N4O4.ClH/c1-3-35-26(33)29-24(22-6-8-23(34-2)9-7-22)10-15-30-16-11-27(12-17-30)13-18-31(25(27)32)20-21-5-4-14-28-19-21;/h4-9,14,19,24H,3,10-13,15-18,20H2,1-2H3,(H,29,33);1H. The Labute approximate surface area is 219 Å². The van der Waals surface area contributed by atoms with Crippen molar-refractivity contribution >= 4 is 24.4 Å². The van der Waals surface area contributed by atoms with Crippen LogP contribution >= 0.6 is 12.4 Å². The van der Waals surface area contributed by atoms with E-state index >= 15 is 0 Å². The zero-order valence-corrected chi connectivity index (χ0v) is 22.0. The van der Waals surface area contributed by atoms with E-state index in [1.165, 1.54) is 0 Å². The molecule has 2 saturated heterocycles. The van der Waals surface area contributed by atoms with Crippen molar-refractivity contribution in [3.63, 3.8) is 0 Å². The maximum atomic E-state index is 13.3. The number of methoxy groups -OCH3 is 1. The van der Waals surface area contributed by atoms with Crippen LogP contribution in [0.5, 0.6) is 5.75 Å². The molecule has 8 nitrogen and oxygen atoms in total. The number of carbonyl (C=O) groups is 2. The fourth-order valence-electron chi connectivity index (χ4n) is 5.21. The van der Waals surface area contributed by atoms with E-state index in [-0.39, 0.29) is 23.9 Å². The summed E-state index contributed by atoms with van der Waals surface area (Å²) in [7, 11) is 1.64. The first-order valence-corrected chi connectivity index (χ1v) is 12.5. The Kier molecular flexibility index (Phi) is 9.96. The van der Waals surface area contributed by atoms with Crippen LogP contribution < -0.4 is 10.1 Å². The SMILES string of the molecule is CCOC(=O)NC(CCN1CCC2(CC1)CCN(Cc1cccnc1)C2=O)c1ccc(OC)cc1.Cl. The lowest BCUT2D eigenvalue weighted by Crippen LogP contribution is -2.45. The molecule has 1 aromatic carbocycles. The van der Waals surface area contributed by atoms with Gasteiger partial charge in [0.2, 0.25) is 5.91 Å². The Hall–Kier alpha value is -2.84. The van der Waals surface area contributed by atoms with Crippen molar-refractivity contribution in [1.29, 1.82) is 0 Å². The second-order valence-electron chi connectivity index (χ2n) is 9.44. The van der Waals surface area contributed by atoms with Crippen molar-refractivity contribution in [3.8, 4) is 5.75 Å². The molecular weight excluding hydrogens is 480 g/mol. The van der Waals surface area contributed by atoms with E-state index in [2.05, 4.69) is 15.2 Å². The van der Waals surface area contributed by atoms with Crippen molar-refractivity contribution in [2.45, 2.75) is 45.2 Å². The third-order valence-electron chi connectivity index (χ3n) is 7.33. The van der Waals surface area contributed by atoms with Gasteiger partial charge in [-0.2, -0.15) is 0 Å². The molecule has 1 unspecified atom stereocenters. The van der Waals surface area contributed by atoms with Crippen LogP contribution in [0.25, 0.3) is 0 Å². The fourth-order valence-corrected chi connectivity index (χ4v) is 5.21. The summed E-state index contributed by atoms with van der Waals surface area (Å²) in [6.07, 6.45) is 6.65. The minimum absolute atomic E-state index is 0. The second-order valence-corrected chi connectivity index (χ2v) is 9.44. The molecule has 0 radical (unpaired) electrons. The van der Waals surface area contributed by atoms with Crippen molar-refractivity contribution in [1.82, 2.24) is 20.1 Å². The highest BCUT2D eigenvalue weighted by Crippen LogP contribution is 2.42. The molecular formula is C27H37ClN4O4. The highest BCUT2D eigenvalue weighted by Gasteiger charge is 2.47. The predicted octanol–water partition coefficient (Wildman–Crippen LogP) is 4.20. The van der Waals surface area contributed by atoms with E-state index in [1.807, 2.05) is 47.5 Å². The molecule has 196 valence electrons. The molecule has 2 amide bonds. The monoisotopic (exact) mass is 516 g/mol. The maximum Gasteiger partial charge on any atom is 0.407 e. The predicted molar refractivity (Wildman–Crippen MR) is 140 cm³/mol. The maximum absolute atomic E-state index is 13.3. The van der Waals surface area contributed by atoms with Crippen LogP contribution in [0.15, 0.2) is 48.8 Å². The Morgan fingerprint density at radius 1 is 1.14 bits per heavy atom. The van der Waals surface area contributed by atoms with E-state index in [9.17, 15) is 9.59 Å². The van der Waals surface area contributed by atoms with Gasteiger partial charge < -0.3 is 24.6 Å². The summed E-state index contributed by atoms with van der Waals surface area (Å²) in [4.78, 5) is 34.0. The first kappa shape index (κ1) is 27.7. The summed E-state index contributed by atoms with van der Waals surface area (Å²) in [6.45, 7) is 6.21. The quantitative estimate of drug-likeness (QED) is 0.537. The van der Waals surface area contributed by atoms with E-state index < -0.39 is 6.09 Å². The Bertz CT molecular complexity index is 981. The molecule has 4 rings (SSSR count). The van der Waals surface area contributed by atoms with Gasteiger partial charge >= 0.3 is 6.09 Å². The highest BCUT2D eigenvalue weighted by atomic mass is 35.5. The number of alkyl carbamates (subject to hydrolysis) is 1. The van der Waals surface area contributed by atoms with Crippen LogP contribution in [-0.4, -0.2) is 66.7 Å². The molecule has 0 saturated carbocycles. The molecule has 1 spiro atoms. The summed E-state index contributed by atoms with van der Waals surface area (Å²) in [5.41, 5.74) is 1.87. The minimum atomic E-state index is -0.406. The zero-order chi connectivity index (χ0) is 24.7. The van der Waals surface area contributed by atoms with Gasteiger partial charge in [0.15, 0.2) is 0 Å². The lowest BCUT2D eigenvalue weighted by molar-refractivity contribution is -0.138. The lowest BCUT2D eigenvalue weighted by atomic mass is 9.77. The van der Waals surface area contributed by atoms with Crippen LogP contribution in [0.2, 0.25) is 0 Å². The largest absolute Gasteiger partial charge is 0.497 e. The molecule has 0 bridgehead atoms. The number of rotatable bonds is 9. The summed E-state index contributed by atoms with van der Waals surface area (Å²) in [5, 5.41) is 3.00. The molecule has 2 fully saturated rings. The zero-order valence-electron chi connectivity index (χ0n) is 21.2. The van der Waals surface area contributed by atoms with Gasteiger partial charge in [-0.25, -0.2) is 4.79 Å². The number of likely N-dealkylation sites (tertiary alicyclic amines) is 2. The third-order valence-corrected chi connectivity index (χ3v) is 7.33. The summed E-state index contributed by atoms with van der Waals surface area (Å²) in [5.74, 6) is 1.07. The summed E-state index contributed by atoms with van der Waals surface area (Å²) in [6, 6.07) is 11.6. The molecule has 2 aliphatic heterocycles. The molecule has 1 atom stereocenters. The second kappa shape index (κ2) is 12.9. The fraction of sp³-hybridized carbons (Fsp3) is 0.519. The number of nitrogens with one attached hydrogen (secondary N) is 1. The Morgan fingerprint density at radius 3 is 2.50 bits per heavy atom. The van der Waals surface area contributed by atoms with E-state index in [0.717, 1.165) is 68.7 Å². The number of halogens is 1. The Morgan fingerprint density at radius 2 is 1.86 bits per heavy atom. The van der Waals surface area contributed by atoms with Crippen LogP contribution in [0.1, 0.15) is 49.8 Å². The topological polar surface area (TPSA) is 84.0 Å². The number of hydrogen-bond acceptors (Lipinski definition) is 6. The van der Waals surface area contributed by atoms with Crippen LogP contribution in [-0.2, 0) is 16.1 Å². The first-order valence-electron chi connectivity index (χ1n) is 12.5. The molecule has 3 heterocycles. The first-order chi connectivity index (χ1) is 17.0. The number of benzene rings is 1. The summed E-state index contributed by atoms with van der Waals surface area (Å²) >= 11 is 0. The number of aromatic nitrogens is 1. The van der Waals surface area contributed by atoms with Gasteiger partial charge in [-0.15, -0.1) is 12.4 Å². The smallest absolute Gasteiger partial charge is 0.407 e. The van der Waals surface area contributed by atoms with Gasteiger partial charge in [-0.1, -0.05) is 18.2 Å². The van der Waals surface area contributed by atoms with Gasteiger partial charge in [0.1, 0.15) is 5.75 Å². The number of pyridine rings is 1. The molecule has 2 aromatic rings. The van der Waals surface area contributed by atoms with Gasteiger partial charge in [-0.05, 0) is 75.0 Å². The molecule has 36 heavy (non-hydrogen) atoms. The molecule has 0 aliphatic carbocycles. The van der Waals surface area contributed by atoms with Crippen molar-refractivity contribution in [2.24, 2.45) is 5.41 Å². The van der Waals surface area contributed by atoms with Crippen molar-refractivity contribution in [3.05, 3.63) is 59.9 Å². The minimum Gasteiger partial charge on any atom is -0.497 e. The average molecular weight is 517 g/mol. The summed E-state index contributed by atoms with van der Waals surface area (Å²) < 4.78 is 10.4. The van der Waals surface area contributed by atoms with Gasteiger partial charge in [0.05, 0.1) is 25.2 Å². The molecule has 9 heteroatoms. The van der Waals surface area contributed by atoms with Crippen molar-refractivity contribution in [2.75, 3.05) is 39.9 Å². The number of amides is 2. The number of nitrogens with zero attached hydrogens (tertiary/aromatic N) is 3. The van der Waals surface area contributed by atoms with Crippen LogP contribution in [0.3, 0.4) is 0 Å². The van der Waals surface area contributed by atoms with E-state index in [4.69, 9.17) is 9.47 Å². The molecule has 1 aromatic heterocycles. The normalized spacial score (nSPS) is 17.9. The highest BCUT2D eigenvalue weighted by molar-refractivity contribution is 5.85. The number of carbonyl (C=O) groups excluding carboxylic acids is 2. The third kappa shape index (κ3) is 6.68. The lowest BCUT2D eigenvalue weighted by Gasteiger charge is -2.38. The van der Waals surface area contributed by atoms with E-state index in [0.29, 0.717) is 19.1 Å². The molecule has 1 N–H and O–H groups in total. The van der Waals surface area contributed by atoms with Gasteiger partial charge in [0.25, 0.3) is 0 Å². The average Bonchev–Trinajstić information content (AvgIpc) is 3.18.